The van der Waals surface area contributed by atoms with Gasteiger partial charge < -0.3 is 20.8 Å². The van der Waals surface area contributed by atoms with Crippen LogP contribution in [-0.4, -0.2) is 29.8 Å². The van der Waals surface area contributed by atoms with Gasteiger partial charge in [0, 0.05) is 18.7 Å². The first kappa shape index (κ1) is 16.3. The van der Waals surface area contributed by atoms with Gasteiger partial charge >= 0.3 is 0 Å². The van der Waals surface area contributed by atoms with Crippen LogP contribution >= 0.6 is 0 Å². The molecule has 1 aromatic heterocycles. The predicted molar refractivity (Wildman–Crippen MR) is 94.0 cm³/mol. The summed E-state index contributed by atoms with van der Waals surface area (Å²) >= 11 is 0. The number of imidazole rings is 1. The first-order valence-electron chi connectivity index (χ1n) is 7.98. The highest BCUT2D eigenvalue weighted by molar-refractivity contribution is 5.78. The van der Waals surface area contributed by atoms with E-state index in [4.69, 9.17) is 10.5 Å². The van der Waals surface area contributed by atoms with Gasteiger partial charge in [-0.3, -0.25) is 4.39 Å². The van der Waals surface area contributed by atoms with E-state index in [1.54, 1.807) is 6.33 Å². The fourth-order valence-electron chi connectivity index (χ4n) is 2.55. The van der Waals surface area contributed by atoms with E-state index in [1.165, 1.54) is 0 Å². The molecule has 0 radical (unpaired) electrons. The van der Waals surface area contributed by atoms with Crippen LogP contribution < -0.4 is 15.8 Å². The zero-order chi connectivity index (χ0) is 16.8. The molecular weight excluding hydrogens is 307 g/mol. The number of rotatable bonds is 8. The van der Waals surface area contributed by atoms with Gasteiger partial charge in [0.15, 0.2) is 0 Å². The number of hydrogen-bond acceptors (Lipinski definition) is 4. The molecular formula is C18H21FN4O. The fourth-order valence-corrected chi connectivity index (χ4v) is 2.55. The maximum Gasteiger partial charge on any atom is 0.119 e. The van der Waals surface area contributed by atoms with Crippen molar-refractivity contribution in [2.75, 3.05) is 25.1 Å². The van der Waals surface area contributed by atoms with Crippen LogP contribution in [0.25, 0.3) is 11.0 Å². The molecule has 0 spiro atoms. The van der Waals surface area contributed by atoms with E-state index in [0.29, 0.717) is 19.6 Å². The maximum absolute atomic E-state index is 12.1. The smallest absolute Gasteiger partial charge is 0.119 e. The monoisotopic (exact) mass is 328 g/mol. The lowest BCUT2D eigenvalue weighted by Gasteiger charge is -2.19. The first-order chi connectivity index (χ1) is 11.8. The number of alkyl halides is 1. The molecule has 3 rings (SSSR count). The summed E-state index contributed by atoms with van der Waals surface area (Å²) < 4.78 is 17.6. The van der Waals surface area contributed by atoms with Crippen molar-refractivity contribution in [2.24, 2.45) is 5.73 Å². The number of anilines is 1. The van der Waals surface area contributed by atoms with Crippen molar-refractivity contribution in [3.63, 3.8) is 0 Å². The van der Waals surface area contributed by atoms with Crippen molar-refractivity contribution in [3.05, 3.63) is 54.4 Å². The summed E-state index contributed by atoms with van der Waals surface area (Å²) in [6, 6.07) is 13.7. The molecule has 4 N–H and O–H groups in total. The number of nitrogens with one attached hydrogen (secondary N) is 2. The Kier molecular flexibility index (Phi) is 5.28. The summed E-state index contributed by atoms with van der Waals surface area (Å²) in [6.07, 6.45) is 2.08. The highest BCUT2D eigenvalue weighted by Crippen LogP contribution is 2.23. The molecule has 0 aliphatic heterocycles. The number of aromatic nitrogens is 2. The lowest BCUT2D eigenvalue weighted by atomic mass is 10.1. The third-order valence-corrected chi connectivity index (χ3v) is 3.83. The molecule has 0 aliphatic rings. The number of halogens is 1. The quantitative estimate of drug-likeness (QED) is 0.554. The Morgan fingerprint density at radius 3 is 2.79 bits per heavy atom. The molecule has 0 aliphatic carbocycles. The number of hydrogen-bond donors (Lipinski definition) is 3. The highest BCUT2D eigenvalue weighted by Gasteiger charge is 2.10. The van der Waals surface area contributed by atoms with Crippen molar-refractivity contribution in [1.29, 1.82) is 0 Å². The van der Waals surface area contributed by atoms with Crippen LogP contribution in [-0.2, 0) is 0 Å². The molecule has 1 unspecified atom stereocenters. The summed E-state index contributed by atoms with van der Waals surface area (Å²) in [5.41, 5.74) is 9.88. The summed E-state index contributed by atoms with van der Waals surface area (Å²) in [5, 5.41) is 3.44. The zero-order valence-corrected chi connectivity index (χ0v) is 13.3. The third-order valence-electron chi connectivity index (χ3n) is 3.83. The molecule has 2 aromatic carbocycles. The number of nitrogens with zero attached hydrogens (tertiary/aromatic N) is 1. The minimum Gasteiger partial charge on any atom is -0.494 e. The number of fused-ring (bicyclic) bond motifs is 1. The van der Waals surface area contributed by atoms with Crippen molar-refractivity contribution >= 4 is 16.7 Å². The number of nitrogens with two attached hydrogens (primary N) is 1. The molecule has 5 nitrogen and oxygen atoms in total. The van der Waals surface area contributed by atoms with Crippen LogP contribution in [0.3, 0.4) is 0 Å². The maximum atomic E-state index is 12.1. The summed E-state index contributed by atoms with van der Waals surface area (Å²) in [4.78, 5) is 7.31. The molecule has 1 atom stereocenters. The van der Waals surface area contributed by atoms with E-state index in [0.717, 1.165) is 28.0 Å². The molecule has 1 heterocycles. The highest BCUT2D eigenvalue weighted by atomic mass is 19.1. The summed E-state index contributed by atoms with van der Waals surface area (Å²) in [6.45, 7) is 0.486. The van der Waals surface area contributed by atoms with Crippen LogP contribution in [0.15, 0.2) is 48.8 Å². The van der Waals surface area contributed by atoms with Gasteiger partial charge in [-0.2, -0.15) is 0 Å². The minimum atomic E-state index is -0.363. The summed E-state index contributed by atoms with van der Waals surface area (Å²) in [7, 11) is 0. The Hall–Kier alpha value is -2.60. The summed E-state index contributed by atoms with van der Waals surface area (Å²) in [5.74, 6) is 0.738. The second-order valence-corrected chi connectivity index (χ2v) is 5.53. The normalized spacial score (nSPS) is 12.2. The molecule has 126 valence electrons. The van der Waals surface area contributed by atoms with Crippen molar-refractivity contribution in [3.8, 4) is 5.75 Å². The standard InChI is InChI=1S/C18H21FN4O/c19-8-1-9-24-15-5-2-13(3-6-15)18(11-20)23-14-4-7-16-17(10-14)22-12-21-16/h2-7,10,12,18,23H,1,8-9,11,20H2,(H,21,22). The van der Waals surface area contributed by atoms with Gasteiger partial charge in [-0.25, -0.2) is 4.98 Å². The van der Waals surface area contributed by atoms with Gasteiger partial charge in [0.25, 0.3) is 0 Å². The van der Waals surface area contributed by atoms with Gasteiger partial charge in [0.05, 0.1) is 36.7 Å². The third kappa shape index (κ3) is 3.83. The Labute approximate surface area is 140 Å². The minimum absolute atomic E-state index is 0.00902. The lowest BCUT2D eigenvalue weighted by molar-refractivity contribution is 0.289. The van der Waals surface area contributed by atoms with Crippen LogP contribution in [0.2, 0.25) is 0 Å². The Balaban J connectivity index is 1.68. The first-order valence-corrected chi connectivity index (χ1v) is 7.98. The van der Waals surface area contributed by atoms with Crippen molar-refractivity contribution in [2.45, 2.75) is 12.5 Å². The number of benzene rings is 2. The van der Waals surface area contributed by atoms with Crippen LogP contribution in [0.5, 0.6) is 5.75 Å². The van der Waals surface area contributed by atoms with E-state index in [2.05, 4.69) is 15.3 Å². The van der Waals surface area contributed by atoms with Crippen LogP contribution in [0.1, 0.15) is 18.0 Å². The van der Waals surface area contributed by atoms with E-state index in [9.17, 15) is 4.39 Å². The van der Waals surface area contributed by atoms with Gasteiger partial charge in [-0.05, 0) is 35.9 Å². The molecule has 3 aromatic rings. The SMILES string of the molecule is NCC(Nc1ccc2nc[nH]c2c1)c1ccc(OCCCF)cc1. The molecule has 0 saturated carbocycles. The van der Waals surface area contributed by atoms with Crippen molar-refractivity contribution < 1.29 is 9.13 Å². The molecule has 0 amide bonds. The average Bonchev–Trinajstić information content (AvgIpc) is 3.08. The second kappa shape index (κ2) is 7.79. The Morgan fingerprint density at radius 2 is 2.04 bits per heavy atom. The number of ether oxygens (including phenoxy) is 1. The lowest BCUT2D eigenvalue weighted by Crippen LogP contribution is -2.20. The molecule has 0 bridgehead atoms. The van der Waals surface area contributed by atoms with Crippen molar-refractivity contribution in [1.82, 2.24) is 9.97 Å². The van der Waals surface area contributed by atoms with Gasteiger partial charge in [-0.15, -0.1) is 0 Å². The number of H-pyrrole nitrogens is 1. The van der Waals surface area contributed by atoms with E-state index in [-0.39, 0.29) is 12.7 Å². The number of aromatic amines is 1. The van der Waals surface area contributed by atoms with Crippen LogP contribution in [0, 0.1) is 0 Å². The average molecular weight is 328 g/mol. The zero-order valence-electron chi connectivity index (χ0n) is 13.3. The molecule has 24 heavy (non-hydrogen) atoms. The molecule has 0 fully saturated rings. The molecule has 0 saturated heterocycles. The van der Waals surface area contributed by atoms with E-state index >= 15 is 0 Å². The second-order valence-electron chi connectivity index (χ2n) is 5.53. The van der Waals surface area contributed by atoms with Gasteiger partial charge in [-0.1, -0.05) is 12.1 Å². The Morgan fingerprint density at radius 1 is 1.21 bits per heavy atom. The van der Waals surface area contributed by atoms with E-state index in [1.807, 2.05) is 42.5 Å². The van der Waals surface area contributed by atoms with E-state index < -0.39 is 0 Å². The van der Waals surface area contributed by atoms with Gasteiger partial charge in [0.2, 0.25) is 0 Å². The predicted octanol–water partition coefficient (Wildman–Crippen LogP) is 3.41. The van der Waals surface area contributed by atoms with Gasteiger partial charge in [0.1, 0.15) is 5.75 Å². The largest absolute Gasteiger partial charge is 0.494 e. The molecule has 6 heteroatoms. The van der Waals surface area contributed by atoms with Crippen LogP contribution in [0.4, 0.5) is 10.1 Å². The Bertz CT molecular complexity index is 772. The topological polar surface area (TPSA) is 76.0 Å². The fraction of sp³-hybridized carbons (Fsp3) is 0.278.